The van der Waals surface area contributed by atoms with Crippen LogP contribution in [0.4, 0.5) is 0 Å². The summed E-state index contributed by atoms with van der Waals surface area (Å²) in [6, 6.07) is 0.466. The van der Waals surface area contributed by atoms with Crippen LogP contribution in [0.15, 0.2) is 0 Å². The van der Waals surface area contributed by atoms with Crippen molar-refractivity contribution in [1.29, 1.82) is 0 Å². The van der Waals surface area contributed by atoms with Crippen molar-refractivity contribution < 1.29 is 13.2 Å². The molecule has 0 radical (unpaired) electrons. The summed E-state index contributed by atoms with van der Waals surface area (Å²) < 4.78 is 22.4. The van der Waals surface area contributed by atoms with Crippen molar-refractivity contribution >= 4 is 15.9 Å². The number of hydrogen-bond acceptors (Lipinski definition) is 4. The molecule has 0 saturated carbocycles. The van der Waals surface area contributed by atoms with Gasteiger partial charge in [0.05, 0.1) is 5.25 Å². The minimum atomic E-state index is -3.52. The van der Waals surface area contributed by atoms with E-state index in [2.05, 4.69) is 18.7 Å². The van der Waals surface area contributed by atoms with Crippen molar-refractivity contribution in [3.05, 3.63) is 0 Å². The second kappa shape index (κ2) is 6.67. The van der Waals surface area contributed by atoms with E-state index in [-0.39, 0.29) is 12.5 Å². The van der Waals surface area contributed by atoms with E-state index in [1.165, 1.54) is 0 Å². The van der Waals surface area contributed by atoms with E-state index in [0.29, 0.717) is 25.4 Å². The number of carbonyl (C=O) groups is 1. The van der Waals surface area contributed by atoms with E-state index < -0.39 is 15.3 Å². The Bertz CT molecular complexity index is 408. The molecule has 1 fully saturated rings. The number of primary sulfonamides is 1. The predicted molar refractivity (Wildman–Crippen MR) is 75.1 cm³/mol. The molecule has 1 unspecified atom stereocenters. The van der Waals surface area contributed by atoms with Gasteiger partial charge in [-0.2, -0.15) is 0 Å². The van der Waals surface area contributed by atoms with Crippen LogP contribution in [0.25, 0.3) is 0 Å². The standard InChI is InChI=1S/C12H25N3O3S/c1-10(2)14(3)7-4-5-12(16)15-8-6-11(9-15)19(13,17)18/h10-11H,4-9H2,1-3H3,(H2,13,17,18). The van der Waals surface area contributed by atoms with E-state index in [0.717, 1.165) is 13.0 Å². The Labute approximate surface area is 116 Å². The highest BCUT2D eigenvalue weighted by Gasteiger charge is 2.32. The summed E-state index contributed by atoms with van der Waals surface area (Å²) in [6.07, 6.45) is 1.72. The lowest BCUT2D eigenvalue weighted by Gasteiger charge is -2.21. The average Bonchev–Trinajstić information content (AvgIpc) is 2.77. The van der Waals surface area contributed by atoms with Gasteiger partial charge < -0.3 is 9.80 Å². The van der Waals surface area contributed by atoms with Crippen LogP contribution in [0, 0.1) is 0 Å². The molecule has 1 atom stereocenters. The number of sulfonamides is 1. The van der Waals surface area contributed by atoms with Crippen LogP contribution in [0.3, 0.4) is 0 Å². The average molecular weight is 291 g/mol. The van der Waals surface area contributed by atoms with Gasteiger partial charge in [-0.3, -0.25) is 4.79 Å². The topological polar surface area (TPSA) is 83.7 Å². The first-order chi connectivity index (χ1) is 8.71. The smallest absolute Gasteiger partial charge is 0.222 e. The van der Waals surface area contributed by atoms with Crippen molar-refractivity contribution in [1.82, 2.24) is 9.80 Å². The van der Waals surface area contributed by atoms with Crippen LogP contribution in [0.1, 0.15) is 33.1 Å². The highest BCUT2D eigenvalue weighted by atomic mass is 32.2. The van der Waals surface area contributed by atoms with Gasteiger partial charge >= 0.3 is 0 Å². The number of likely N-dealkylation sites (tertiary alicyclic amines) is 1. The van der Waals surface area contributed by atoms with E-state index in [1.54, 1.807) is 4.90 Å². The van der Waals surface area contributed by atoms with Crippen LogP contribution < -0.4 is 5.14 Å². The number of rotatable bonds is 6. The first-order valence-electron chi connectivity index (χ1n) is 6.71. The maximum absolute atomic E-state index is 11.9. The van der Waals surface area contributed by atoms with Crippen molar-refractivity contribution in [2.75, 3.05) is 26.7 Å². The lowest BCUT2D eigenvalue weighted by molar-refractivity contribution is -0.130. The summed E-state index contributed by atoms with van der Waals surface area (Å²) in [4.78, 5) is 15.7. The van der Waals surface area contributed by atoms with Crippen molar-refractivity contribution in [3.63, 3.8) is 0 Å². The highest BCUT2D eigenvalue weighted by molar-refractivity contribution is 7.89. The van der Waals surface area contributed by atoms with Gasteiger partial charge in [0, 0.05) is 25.6 Å². The molecule has 1 heterocycles. The van der Waals surface area contributed by atoms with Crippen LogP contribution >= 0.6 is 0 Å². The molecule has 6 nitrogen and oxygen atoms in total. The Balaban J connectivity index is 2.32. The summed E-state index contributed by atoms with van der Waals surface area (Å²) in [7, 11) is -1.49. The van der Waals surface area contributed by atoms with Gasteiger partial charge in [0.15, 0.2) is 0 Å². The summed E-state index contributed by atoms with van der Waals surface area (Å²) in [5.41, 5.74) is 0. The molecule has 1 aliphatic rings. The zero-order chi connectivity index (χ0) is 14.6. The Morgan fingerprint density at radius 2 is 2.11 bits per heavy atom. The fraction of sp³-hybridized carbons (Fsp3) is 0.917. The molecule has 1 rings (SSSR count). The molecule has 1 saturated heterocycles. The lowest BCUT2D eigenvalue weighted by Crippen LogP contribution is -2.35. The molecule has 0 spiro atoms. The number of carbonyl (C=O) groups excluding carboxylic acids is 1. The van der Waals surface area contributed by atoms with E-state index in [1.807, 2.05) is 7.05 Å². The molecule has 1 amide bonds. The van der Waals surface area contributed by atoms with Gasteiger partial charge in [-0.05, 0) is 40.3 Å². The fourth-order valence-electron chi connectivity index (χ4n) is 2.12. The molecule has 7 heteroatoms. The molecule has 0 aromatic carbocycles. The second-order valence-corrected chi connectivity index (χ2v) is 7.36. The van der Waals surface area contributed by atoms with E-state index >= 15 is 0 Å². The molecule has 0 aromatic heterocycles. The summed E-state index contributed by atoms with van der Waals surface area (Å²) in [5.74, 6) is 0.0308. The zero-order valence-corrected chi connectivity index (χ0v) is 12.8. The predicted octanol–water partition coefficient (Wildman–Crippen LogP) is -0.00380. The quantitative estimate of drug-likeness (QED) is 0.746. The number of nitrogens with two attached hydrogens (primary N) is 1. The third kappa shape index (κ3) is 5.08. The van der Waals surface area contributed by atoms with E-state index in [4.69, 9.17) is 5.14 Å². The third-order valence-corrected chi connectivity index (χ3v) is 5.06. The molecule has 19 heavy (non-hydrogen) atoms. The first kappa shape index (κ1) is 16.4. The number of nitrogens with zero attached hydrogens (tertiary/aromatic N) is 2. The largest absolute Gasteiger partial charge is 0.341 e. The van der Waals surface area contributed by atoms with Crippen molar-refractivity contribution in [2.24, 2.45) is 5.14 Å². The SMILES string of the molecule is CC(C)N(C)CCCC(=O)N1CCC(S(N)(=O)=O)C1. The maximum atomic E-state index is 11.9. The molecule has 2 N–H and O–H groups in total. The minimum absolute atomic E-state index is 0.0308. The Hall–Kier alpha value is -0.660. The van der Waals surface area contributed by atoms with Crippen molar-refractivity contribution in [3.8, 4) is 0 Å². The Morgan fingerprint density at radius 3 is 2.58 bits per heavy atom. The maximum Gasteiger partial charge on any atom is 0.222 e. The second-order valence-electron chi connectivity index (χ2n) is 5.52. The number of amides is 1. The van der Waals surface area contributed by atoms with Gasteiger partial charge in [-0.25, -0.2) is 13.6 Å². The summed E-state index contributed by atoms with van der Waals surface area (Å²) in [5, 5.41) is 4.52. The minimum Gasteiger partial charge on any atom is -0.341 e. The normalized spacial score (nSPS) is 20.5. The monoisotopic (exact) mass is 291 g/mol. The van der Waals surface area contributed by atoms with Gasteiger partial charge in [-0.1, -0.05) is 0 Å². The molecule has 0 aliphatic carbocycles. The van der Waals surface area contributed by atoms with Crippen LogP contribution in [-0.2, 0) is 14.8 Å². The van der Waals surface area contributed by atoms with Gasteiger partial charge in [0.1, 0.15) is 0 Å². The summed E-state index contributed by atoms with van der Waals surface area (Å²) in [6.45, 7) is 5.84. The van der Waals surface area contributed by atoms with Gasteiger partial charge in [0.25, 0.3) is 0 Å². The summed E-state index contributed by atoms with van der Waals surface area (Å²) >= 11 is 0. The number of hydrogen-bond donors (Lipinski definition) is 1. The fourth-order valence-corrected chi connectivity index (χ4v) is 2.94. The van der Waals surface area contributed by atoms with E-state index in [9.17, 15) is 13.2 Å². The Morgan fingerprint density at radius 1 is 1.47 bits per heavy atom. The third-order valence-electron chi connectivity index (χ3n) is 3.75. The molecule has 0 aromatic rings. The molecular weight excluding hydrogens is 266 g/mol. The zero-order valence-electron chi connectivity index (χ0n) is 12.0. The van der Waals surface area contributed by atoms with Gasteiger partial charge in [0.2, 0.25) is 15.9 Å². The molecule has 1 aliphatic heterocycles. The lowest BCUT2D eigenvalue weighted by atomic mass is 10.2. The van der Waals surface area contributed by atoms with Gasteiger partial charge in [-0.15, -0.1) is 0 Å². The highest BCUT2D eigenvalue weighted by Crippen LogP contribution is 2.16. The van der Waals surface area contributed by atoms with Crippen molar-refractivity contribution in [2.45, 2.75) is 44.4 Å². The molecule has 112 valence electrons. The van der Waals surface area contributed by atoms with Crippen LogP contribution in [0.2, 0.25) is 0 Å². The van der Waals surface area contributed by atoms with Crippen LogP contribution in [-0.4, -0.2) is 62.1 Å². The molecular formula is C12H25N3O3S. The molecule has 0 bridgehead atoms. The van der Waals surface area contributed by atoms with Crippen LogP contribution in [0.5, 0.6) is 0 Å². The Kier molecular flexibility index (Phi) is 5.76. The first-order valence-corrected chi connectivity index (χ1v) is 8.32.